The van der Waals surface area contributed by atoms with Gasteiger partial charge >= 0.3 is 0 Å². The van der Waals surface area contributed by atoms with E-state index in [0.717, 1.165) is 24.2 Å². The van der Waals surface area contributed by atoms with Crippen molar-refractivity contribution in [1.29, 1.82) is 0 Å². The maximum absolute atomic E-state index is 13.0. The SMILES string of the molecule is Cc1nnc(-c2cc(CCC(C)C)n(-c3cccc(C(=O)NC(C(C)C)C(C)C)c3)n2)o1. The molecule has 1 amide bonds. The smallest absolute Gasteiger partial charge is 0.268 e. The Morgan fingerprint density at radius 3 is 2.38 bits per heavy atom. The number of carbonyl (C=O) groups is 1. The molecular formula is C25H35N5O2. The molecule has 0 saturated carbocycles. The second-order valence-electron chi connectivity index (χ2n) is 9.53. The summed E-state index contributed by atoms with van der Waals surface area (Å²) in [6.45, 7) is 14.7. The normalized spacial score (nSPS) is 11.8. The highest BCUT2D eigenvalue weighted by Crippen LogP contribution is 2.23. The Kier molecular flexibility index (Phi) is 7.48. The van der Waals surface area contributed by atoms with Gasteiger partial charge in [-0.3, -0.25) is 4.79 Å². The average Bonchev–Trinajstić information content (AvgIpc) is 3.36. The molecule has 0 fully saturated rings. The van der Waals surface area contributed by atoms with Crippen LogP contribution >= 0.6 is 0 Å². The standard InChI is InChI=1S/C25H35N5O2/c1-15(2)11-12-21-14-22(25-28-27-18(7)32-25)29-30(21)20-10-8-9-19(13-20)24(31)26-23(16(3)4)17(5)6/h8-10,13-17,23H,11-12H2,1-7H3,(H,26,31). The molecule has 7 heteroatoms. The molecule has 32 heavy (non-hydrogen) atoms. The summed E-state index contributed by atoms with van der Waals surface area (Å²) in [6.07, 6.45) is 1.88. The van der Waals surface area contributed by atoms with Crippen LogP contribution in [0.15, 0.2) is 34.7 Å². The average molecular weight is 438 g/mol. The lowest BCUT2D eigenvalue weighted by Gasteiger charge is -2.26. The summed E-state index contributed by atoms with van der Waals surface area (Å²) in [7, 11) is 0. The summed E-state index contributed by atoms with van der Waals surface area (Å²) in [5.74, 6) is 2.11. The lowest BCUT2D eigenvalue weighted by molar-refractivity contribution is 0.0910. The number of hydrogen-bond donors (Lipinski definition) is 1. The van der Waals surface area contributed by atoms with Gasteiger partial charge in [-0.05, 0) is 54.9 Å². The van der Waals surface area contributed by atoms with Crippen molar-refractivity contribution >= 4 is 5.91 Å². The lowest BCUT2D eigenvalue weighted by Crippen LogP contribution is -2.42. The molecule has 2 heterocycles. The van der Waals surface area contributed by atoms with E-state index in [4.69, 9.17) is 9.52 Å². The molecule has 3 rings (SSSR count). The molecule has 172 valence electrons. The van der Waals surface area contributed by atoms with Gasteiger partial charge in [0.2, 0.25) is 5.89 Å². The van der Waals surface area contributed by atoms with Gasteiger partial charge in [-0.1, -0.05) is 47.6 Å². The fraction of sp³-hybridized carbons (Fsp3) is 0.520. The highest BCUT2D eigenvalue weighted by molar-refractivity contribution is 5.95. The molecule has 2 aromatic heterocycles. The van der Waals surface area contributed by atoms with Gasteiger partial charge in [0.15, 0.2) is 0 Å². The van der Waals surface area contributed by atoms with Gasteiger partial charge in [-0.25, -0.2) is 4.68 Å². The largest absolute Gasteiger partial charge is 0.420 e. The molecule has 7 nitrogen and oxygen atoms in total. The number of aryl methyl sites for hydroxylation is 2. The van der Waals surface area contributed by atoms with E-state index in [2.05, 4.69) is 57.1 Å². The van der Waals surface area contributed by atoms with Crippen molar-refractivity contribution in [3.63, 3.8) is 0 Å². The Labute approximate surface area is 190 Å². The lowest BCUT2D eigenvalue weighted by atomic mass is 9.93. The van der Waals surface area contributed by atoms with E-state index in [1.807, 2.05) is 35.0 Å². The van der Waals surface area contributed by atoms with E-state index < -0.39 is 0 Å². The zero-order valence-corrected chi connectivity index (χ0v) is 20.2. The van der Waals surface area contributed by atoms with Crippen LogP contribution in [0.5, 0.6) is 0 Å². The number of benzene rings is 1. The summed E-state index contributed by atoms with van der Waals surface area (Å²) < 4.78 is 7.47. The zero-order chi connectivity index (χ0) is 23.4. The minimum absolute atomic E-state index is 0.0668. The van der Waals surface area contributed by atoms with E-state index in [1.165, 1.54) is 0 Å². The van der Waals surface area contributed by atoms with Crippen LogP contribution in [-0.4, -0.2) is 31.9 Å². The summed E-state index contributed by atoms with van der Waals surface area (Å²) in [5, 5.41) is 16.0. The molecule has 1 aromatic carbocycles. The predicted octanol–water partition coefficient (Wildman–Crippen LogP) is 5.23. The van der Waals surface area contributed by atoms with Crippen LogP contribution in [0, 0.1) is 24.7 Å². The van der Waals surface area contributed by atoms with Crippen LogP contribution in [0.1, 0.15) is 69.9 Å². The molecule has 0 atom stereocenters. The Morgan fingerprint density at radius 1 is 1.06 bits per heavy atom. The Morgan fingerprint density at radius 2 is 1.78 bits per heavy atom. The minimum atomic E-state index is -0.0668. The van der Waals surface area contributed by atoms with Crippen molar-refractivity contribution in [2.45, 2.75) is 67.3 Å². The second-order valence-corrected chi connectivity index (χ2v) is 9.53. The first-order chi connectivity index (χ1) is 15.2. The molecule has 0 bridgehead atoms. The van der Waals surface area contributed by atoms with Crippen LogP contribution in [0.25, 0.3) is 17.3 Å². The quantitative estimate of drug-likeness (QED) is 0.495. The fourth-order valence-corrected chi connectivity index (χ4v) is 3.88. The summed E-state index contributed by atoms with van der Waals surface area (Å²) in [6, 6.07) is 9.71. The van der Waals surface area contributed by atoms with Crippen molar-refractivity contribution in [1.82, 2.24) is 25.3 Å². The van der Waals surface area contributed by atoms with Gasteiger partial charge in [0, 0.05) is 24.2 Å². The molecule has 0 radical (unpaired) electrons. The number of aromatic nitrogens is 4. The maximum atomic E-state index is 13.0. The van der Waals surface area contributed by atoms with Crippen molar-refractivity contribution in [2.24, 2.45) is 17.8 Å². The third-order valence-electron chi connectivity index (χ3n) is 5.59. The summed E-state index contributed by atoms with van der Waals surface area (Å²) in [5.41, 5.74) is 3.14. The first kappa shape index (κ1) is 23.7. The number of nitrogens with one attached hydrogen (secondary N) is 1. The molecule has 1 N–H and O–H groups in total. The highest BCUT2D eigenvalue weighted by atomic mass is 16.4. The van der Waals surface area contributed by atoms with Gasteiger partial charge < -0.3 is 9.73 Å². The van der Waals surface area contributed by atoms with Crippen molar-refractivity contribution in [3.8, 4) is 17.3 Å². The van der Waals surface area contributed by atoms with Gasteiger partial charge in [0.1, 0.15) is 5.69 Å². The monoisotopic (exact) mass is 437 g/mol. The Balaban J connectivity index is 1.94. The van der Waals surface area contributed by atoms with Crippen LogP contribution in [0.2, 0.25) is 0 Å². The predicted molar refractivity (Wildman–Crippen MR) is 126 cm³/mol. The molecule has 3 aromatic rings. The van der Waals surface area contributed by atoms with Gasteiger partial charge in [-0.2, -0.15) is 5.10 Å². The Bertz CT molecular complexity index is 1040. The third kappa shape index (κ3) is 5.64. The van der Waals surface area contributed by atoms with E-state index in [9.17, 15) is 4.79 Å². The molecule has 0 unspecified atom stereocenters. The van der Waals surface area contributed by atoms with Crippen LogP contribution < -0.4 is 5.32 Å². The highest BCUT2D eigenvalue weighted by Gasteiger charge is 2.21. The van der Waals surface area contributed by atoms with E-state index in [1.54, 1.807) is 6.92 Å². The third-order valence-corrected chi connectivity index (χ3v) is 5.59. The second kappa shape index (κ2) is 10.1. The van der Waals surface area contributed by atoms with E-state index >= 15 is 0 Å². The van der Waals surface area contributed by atoms with Crippen molar-refractivity contribution < 1.29 is 9.21 Å². The summed E-state index contributed by atoms with van der Waals surface area (Å²) in [4.78, 5) is 13.0. The molecular weight excluding hydrogens is 402 g/mol. The number of nitrogens with zero attached hydrogens (tertiary/aromatic N) is 4. The van der Waals surface area contributed by atoms with Crippen LogP contribution in [-0.2, 0) is 6.42 Å². The van der Waals surface area contributed by atoms with E-state index in [0.29, 0.717) is 40.8 Å². The molecule has 0 aliphatic heterocycles. The number of hydrogen-bond acceptors (Lipinski definition) is 5. The number of amides is 1. The minimum Gasteiger partial charge on any atom is -0.420 e. The zero-order valence-electron chi connectivity index (χ0n) is 20.2. The van der Waals surface area contributed by atoms with Crippen LogP contribution in [0.3, 0.4) is 0 Å². The number of rotatable bonds is 9. The topological polar surface area (TPSA) is 85.8 Å². The fourth-order valence-electron chi connectivity index (χ4n) is 3.88. The van der Waals surface area contributed by atoms with E-state index in [-0.39, 0.29) is 11.9 Å². The van der Waals surface area contributed by atoms with Crippen molar-refractivity contribution in [2.75, 3.05) is 0 Å². The van der Waals surface area contributed by atoms with Gasteiger partial charge in [-0.15, -0.1) is 10.2 Å². The van der Waals surface area contributed by atoms with Crippen molar-refractivity contribution in [3.05, 3.63) is 47.5 Å². The molecule has 0 aliphatic carbocycles. The first-order valence-electron chi connectivity index (χ1n) is 11.5. The Hall–Kier alpha value is -2.96. The van der Waals surface area contributed by atoms with Gasteiger partial charge in [0.05, 0.1) is 5.69 Å². The summed E-state index contributed by atoms with van der Waals surface area (Å²) >= 11 is 0. The van der Waals surface area contributed by atoms with Crippen LogP contribution in [0.4, 0.5) is 0 Å². The first-order valence-corrected chi connectivity index (χ1v) is 11.5. The molecule has 0 saturated heterocycles. The van der Waals surface area contributed by atoms with Gasteiger partial charge in [0.25, 0.3) is 11.8 Å². The molecule has 0 spiro atoms. The number of carbonyl (C=O) groups excluding carboxylic acids is 1. The maximum Gasteiger partial charge on any atom is 0.268 e. The molecule has 0 aliphatic rings.